The van der Waals surface area contributed by atoms with E-state index >= 15 is 0 Å². The lowest BCUT2D eigenvalue weighted by Gasteiger charge is -2.31. The van der Waals surface area contributed by atoms with Gasteiger partial charge in [0.15, 0.2) is 0 Å². The van der Waals surface area contributed by atoms with Crippen molar-refractivity contribution < 1.29 is 9.90 Å². The molecule has 11 heavy (non-hydrogen) atoms. The summed E-state index contributed by atoms with van der Waals surface area (Å²) < 4.78 is 0. The predicted molar refractivity (Wildman–Crippen MR) is 39.4 cm³/mol. The number of carbonyl (C=O) groups is 1. The molecule has 1 aliphatic rings. The van der Waals surface area contributed by atoms with Gasteiger partial charge in [0.2, 0.25) is 0 Å². The normalized spacial score (nSPS) is 35.6. The van der Waals surface area contributed by atoms with Gasteiger partial charge in [-0.2, -0.15) is 0 Å². The van der Waals surface area contributed by atoms with E-state index < -0.39 is 17.4 Å². The molecule has 3 nitrogen and oxygen atoms in total. The van der Waals surface area contributed by atoms with Crippen molar-refractivity contribution in [3.8, 4) is 0 Å². The molecule has 0 saturated carbocycles. The van der Waals surface area contributed by atoms with Gasteiger partial charge in [0.1, 0.15) is 0 Å². The molecule has 0 bridgehead atoms. The van der Waals surface area contributed by atoms with E-state index in [1.807, 2.05) is 0 Å². The first-order valence-corrected chi connectivity index (χ1v) is 3.40. The largest absolute Gasteiger partial charge is 0.549 e. The maximum atomic E-state index is 10.5. The molecule has 2 unspecified atom stereocenters. The van der Waals surface area contributed by atoms with E-state index in [-0.39, 0.29) is 0 Å². The van der Waals surface area contributed by atoms with Crippen LogP contribution < -0.4 is 10.8 Å². The first kappa shape index (κ1) is 8.01. The molecule has 0 saturated heterocycles. The highest BCUT2D eigenvalue weighted by Crippen LogP contribution is 2.20. The zero-order valence-electron chi connectivity index (χ0n) is 6.28. The molecular formula is C8H10NO2-. The Morgan fingerprint density at radius 2 is 2.27 bits per heavy atom. The van der Waals surface area contributed by atoms with Crippen LogP contribution in [0.25, 0.3) is 0 Å². The lowest BCUT2D eigenvalue weighted by molar-refractivity contribution is -0.311. The monoisotopic (exact) mass is 152 g/mol. The predicted octanol–water partition coefficient (Wildman–Crippen LogP) is -0.804. The number of hydrogen-bond acceptors (Lipinski definition) is 3. The molecule has 60 valence electrons. The molecule has 0 fully saturated rings. The Kier molecular flexibility index (Phi) is 1.83. The molecule has 2 atom stereocenters. The maximum Gasteiger partial charge on any atom is 0.0504 e. The van der Waals surface area contributed by atoms with Gasteiger partial charge in [0.05, 0.1) is 5.97 Å². The summed E-state index contributed by atoms with van der Waals surface area (Å²) in [5.41, 5.74) is 4.85. The van der Waals surface area contributed by atoms with Gasteiger partial charge in [-0.05, 0) is 6.92 Å². The SMILES string of the molecule is CC1(N)C=CC=CC1C(=O)[O-]. The highest BCUT2D eigenvalue weighted by Gasteiger charge is 2.27. The molecule has 0 aliphatic heterocycles. The topological polar surface area (TPSA) is 66.2 Å². The number of rotatable bonds is 1. The van der Waals surface area contributed by atoms with Crippen LogP contribution in [0.15, 0.2) is 24.3 Å². The van der Waals surface area contributed by atoms with E-state index in [1.165, 1.54) is 6.08 Å². The fourth-order valence-electron chi connectivity index (χ4n) is 1.08. The van der Waals surface area contributed by atoms with Crippen molar-refractivity contribution >= 4 is 5.97 Å². The molecule has 0 heterocycles. The van der Waals surface area contributed by atoms with E-state index in [0.717, 1.165) is 0 Å². The number of allylic oxidation sites excluding steroid dienone is 2. The lowest BCUT2D eigenvalue weighted by Crippen LogP contribution is -2.50. The van der Waals surface area contributed by atoms with Gasteiger partial charge in [0.25, 0.3) is 0 Å². The third-order valence-electron chi connectivity index (χ3n) is 1.79. The average Bonchev–Trinajstić information content (AvgIpc) is 1.85. The molecule has 0 amide bonds. The quantitative estimate of drug-likeness (QED) is 0.534. The summed E-state index contributed by atoms with van der Waals surface area (Å²) in [5.74, 6) is -1.84. The van der Waals surface area contributed by atoms with Gasteiger partial charge in [0, 0.05) is 11.5 Å². The number of aliphatic carboxylic acids is 1. The number of carboxylic acid groups (broad SMARTS) is 1. The zero-order chi connectivity index (χ0) is 8.48. The molecule has 0 aromatic heterocycles. The van der Waals surface area contributed by atoms with Gasteiger partial charge < -0.3 is 15.6 Å². The summed E-state index contributed by atoms with van der Waals surface area (Å²) in [4.78, 5) is 10.5. The Hall–Kier alpha value is -1.09. The van der Waals surface area contributed by atoms with Crippen LogP contribution in [-0.4, -0.2) is 11.5 Å². The Balaban J connectivity index is 2.89. The summed E-state index contributed by atoms with van der Waals surface area (Å²) >= 11 is 0. The van der Waals surface area contributed by atoms with Gasteiger partial charge in [-0.15, -0.1) is 0 Å². The summed E-state index contributed by atoms with van der Waals surface area (Å²) in [7, 11) is 0. The van der Waals surface area contributed by atoms with E-state index in [4.69, 9.17) is 5.73 Å². The molecule has 0 radical (unpaired) electrons. The fourth-order valence-corrected chi connectivity index (χ4v) is 1.08. The van der Waals surface area contributed by atoms with Crippen molar-refractivity contribution in [3.63, 3.8) is 0 Å². The number of nitrogens with two attached hydrogens (primary N) is 1. The van der Waals surface area contributed by atoms with Crippen LogP contribution in [0.4, 0.5) is 0 Å². The van der Waals surface area contributed by atoms with Gasteiger partial charge in [-0.3, -0.25) is 0 Å². The molecule has 1 aliphatic carbocycles. The fraction of sp³-hybridized carbons (Fsp3) is 0.375. The van der Waals surface area contributed by atoms with E-state index in [1.54, 1.807) is 25.2 Å². The minimum atomic E-state index is -1.13. The van der Waals surface area contributed by atoms with Crippen LogP contribution in [0.5, 0.6) is 0 Å². The van der Waals surface area contributed by atoms with Gasteiger partial charge >= 0.3 is 0 Å². The molecule has 0 aromatic carbocycles. The van der Waals surface area contributed by atoms with Crippen LogP contribution in [0.2, 0.25) is 0 Å². The minimum absolute atomic E-state index is 0.715. The third kappa shape index (κ3) is 1.49. The summed E-state index contributed by atoms with van der Waals surface area (Å²) in [6, 6.07) is 0. The van der Waals surface area contributed by atoms with Crippen LogP contribution in [-0.2, 0) is 4.79 Å². The number of carbonyl (C=O) groups excluding carboxylic acids is 1. The second kappa shape index (κ2) is 2.51. The molecule has 0 spiro atoms. The maximum absolute atomic E-state index is 10.5. The summed E-state index contributed by atoms with van der Waals surface area (Å²) in [6.45, 7) is 1.66. The zero-order valence-corrected chi connectivity index (χ0v) is 6.28. The smallest absolute Gasteiger partial charge is 0.0504 e. The second-order valence-corrected chi connectivity index (χ2v) is 2.91. The van der Waals surface area contributed by atoms with Crippen LogP contribution >= 0.6 is 0 Å². The second-order valence-electron chi connectivity index (χ2n) is 2.91. The van der Waals surface area contributed by atoms with Crippen LogP contribution in [0, 0.1) is 5.92 Å². The summed E-state index contributed by atoms with van der Waals surface area (Å²) in [5, 5.41) is 10.5. The minimum Gasteiger partial charge on any atom is -0.549 e. The first-order valence-electron chi connectivity index (χ1n) is 3.40. The molecular weight excluding hydrogens is 142 g/mol. The molecule has 0 aromatic rings. The van der Waals surface area contributed by atoms with Crippen LogP contribution in [0.1, 0.15) is 6.92 Å². The van der Waals surface area contributed by atoms with Crippen molar-refractivity contribution in [1.82, 2.24) is 0 Å². The Morgan fingerprint density at radius 1 is 1.64 bits per heavy atom. The van der Waals surface area contributed by atoms with Gasteiger partial charge in [-0.25, -0.2) is 0 Å². The molecule has 1 rings (SSSR count). The van der Waals surface area contributed by atoms with E-state index in [9.17, 15) is 9.90 Å². The van der Waals surface area contributed by atoms with E-state index in [0.29, 0.717) is 0 Å². The Labute approximate surface area is 65.2 Å². The first-order chi connectivity index (χ1) is 5.04. The third-order valence-corrected chi connectivity index (χ3v) is 1.79. The summed E-state index contributed by atoms with van der Waals surface area (Å²) in [6.07, 6.45) is 6.59. The Bertz CT molecular complexity index is 228. The standard InChI is InChI=1S/C8H11NO2/c1-8(9)5-3-2-4-6(8)7(10)11/h2-6H,9H2,1H3,(H,10,11)/p-1. The molecule has 3 heteroatoms. The van der Waals surface area contributed by atoms with Crippen molar-refractivity contribution in [2.24, 2.45) is 11.7 Å². The van der Waals surface area contributed by atoms with E-state index in [2.05, 4.69) is 0 Å². The number of carboxylic acids is 1. The van der Waals surface area contributed by atoms with Crippen molar-refractivity contribution in [2.45, 2.75) is 12.5 Å². The molecule has 2 N–H and O–H groups in total. The average molecular weight is 152 g/mol. The highest BCUT2D eigenvalue weighted by atomic mass is 16.4. The van der Waals surface area contributed by atoms with Crippen molar-refractivity contribution in [3.05, 3.63) is 24.3 Å². The lowest BCUT2D eigenvalue weighted by atomic mass is 9.83. The van der Waals surface area contributed by atoms with Crippen molar-refractivity contribution in [2.75, 3.05) is 0 Å². The van der Waals surface area contributed by atoms with Crippen molar-refractivity contribution in [1.29, 1.82) is 0 Å². The van der Waals surface area contributed by atoms with Gasteiger partial charge in [-0.1, -0.05) is 24.3 Å². The van der Waals surface area contributed by atoms with Crippen LogP contribution in [0.3, 0.4) is 0 Å². The highest BCUT2D eigenvalue weighted by molar-refractivity contribution is 5.73. The Morgan fingerprint density at radius 3 is 2.64 bits per heavy atom. The number of hydrogen-bond donors (Lipinski definition) is 1.